The van der Waals surface area contributed by atoms with Crippen molar-refractivity contribution >= 4 is 23.2 Å². The molecule has 23 heavy (non-hydrogen) atoms. The van der Waals surface area contributed by atoms with Gasteiger partial charge >= 0.3 is 0 Å². The van der Waals surface area contributed by atoms with Gasteiger partial charge in [-0.1, -0.05) is 26.0 Å². The molecule has 2 aromatic rings. The number of benzene rings is 1. The van der Waals surface area contributed by atoms with E-state index in [2.05, 4.69) is 23.3 Å². The second-order valence-electron chi connectivity index (χ2n) is 5.93. The van der Waals surface area contributed by atoms with Crippen molar-refractivity contribution in [2.75, 3.05) is 0 Å². The van der Waals surface area contributed by atoms with E-state index in [0.717, 1.165) is 10.6 Å². The van der Waals surface area contributed by atoms with Crippen LogP contribution < -0.4 is 11.1 Å². The van der Waals surface area contributed by atoms with Gasteiger partial charge in [0.25, 0.3) is 5.91 Å². The second kappa shape index (κ2) is 6.91. The fourth-order valence-corrected chi connectivity index (χ4v) is 2.98. The fraction of sp³-hybridized carbons (Fsp3) is 0.353. The van der Waals surface area contributed by atoms with Gasteiger partial charge in [-0.15, -0.1) is 11.3 Å². The minimum atomic E-state index is -0.685. The van der Waals surface area contributed by atoms with Gasteiger partial charge < -0.3 is 11.1 Å². The molecule has 1 aromatic carbocycles. The fourth-order valence-electron chi connectivity index (χ4n) is 2.17. The third-order valence-electron chi connectivity index (χ3n) is 3.74. The van der Waals surface area contributed by atoms with Crippen molar-refractivity contribution in [2.24, 2.45) is 11.7 Å². The minimum Gasteiger partial charge on any atom is -0.368 e. The number of nitrogens with one attached hydrogen (secondary N) is 1. The van der Waals surface area contributed by atoms with Crippen molar-refractivity contribution in [2.45, 2.75) is 33.7 Å². The van der Waals surface area contributed by atoms with Gasteiger partial charge in [0, 0.05) is 5.56 Å². The SMILES string of the molecule is Cc1ccc(-c2ncc(C(=O)NC(C(N)=O)C(C)C)s2)cc1C. The van der Waals surface area contributed by atoms with Crippen LogP contribution in [0.4, 0.5) is 0 Å². The Morgan fingerprint density at radius 1 is 1.22 bits per heavy atom. The molecule has 2 amide bonds. The first-order valence-electron chi connectivity index (χ1n) is 7.43. The molecule has 0 fully saturated rings. The first-order valence-corrected chi connectivity index (χ1v) is 8.25. The Bertz CT molecular complexity index is 737. The summed E-state index contributed by atoms with van der Waals surface area (Å²) in [6.07, 6.45) is 1.53. The van der Waals surface area contributed by atoms with Crippen molar-refractivity contribution in [3.63, 3.8) is 0 Å². The molecule has 0 aliphatic carbocycles. The summed E-state index contributed by atoms with van der Waals surface area (Å²) in [7, 11) is 0. The molecule has 2 rings (SSSR count). The lowest BCUT2D eigenvalue weighted by Gasteiger charge is -2.18. The Balaban J connectivity index is 2.19. The maximum Gasteiger partial charge on any atom is 0.263 e. The summed E-state index contributed by atoms with van der Waals surface area (Å²) < 4.78 is 0. The number of hydrogen-bond donors (Lipinski definition) is 2. The first kappa shape index (κ1) is 17.1. The molecule has 0 bridgehead atoms. The van der Waals surface area contributed by atoms with Gasteiger partial charge in [0.15, 0.2) is 0 Å². The molecule has 122 valence electrons. The molecule has 1 aromatic heterocycles. The summed E-state index contributed by atoms with van der Waals surface area (Å²) in [5.74, 6) is -0.925. The van der Waals surface area contributed by atoms with Gasteiger partial charge in [0.2, 0.25) is 5.91 Å². The predicted octanol–water partition coefficient (Wildman–Crippen LogP) is 2.67. The van der Waals surface area contributed by atoms with Crippen LogP contribution in [0.25, 0.3) is 10.6 Å². The van der Waals surface area contributed by atoms with E-state index < -0.39 is 11.9 Å². The van der Waals surface area contributed by atoms with E-state index in [1.54, 1.807) is 0 Å². The molecule has 1 heterocycles. The number of nitrogens with zero attached hydrogens (tertiary/aromatic N) is 1. The molecule has 3 N–H and O–H groups in total. The molecule has 0 aliphatic heterocycles. The van der Waals surface area contributed by atoms with Crippen LogP contribution in [0, 0.1) is 19.8 Å². The maximum atomic E-state index is 12.3. The highest BCUT2D eigenvalue weighted by Crippen LogP contribution is 2.27. The summed E-state index contributed by atoms with van der Waals surface area (Å²) in [6, 6.07) is 5.39. The van der Waals surface area contributed by atoms with E-state index in [-0.39, 0.29) is 11.8 Å². The minimum absolute atomic E-state index is 0.0661. The average molecular weight is 331 g/mol. The molecule has 5 nitrogen and oxygen atoms in total. The van der Waals surface area contributed by atoms with E-state index in [1.807, 2.05) is 32.9 Å². The van der Waals surface area contributed by atoms with Gasteiger partial charge in [-0.25, -0.2) is 4.98 Å². The van der Waals surface area contributed by atoms with E-state index in [1.165, 1.54) is 28.7 Å². The molecular formula is C17H21N3O2S. The van der Waals surface area contributed by atoms with E-state index >= 15 is 0 Å². The normalized spacial score (nSPS) is 12.2. The molecule has 6 heteroatoms. The molecular weight excluding hydrogens is 310 g/mol. The van der Waals surface area contributed by atoms with Gasteiger partial charge in [-0.3, -0.25) is 9.59 Å². The summed E-state index contributed by atoms with van der Waals surface area (Å²) in [6.45, 7) is 7.77. The number of aryl methyl sites for hydroxylation is 2. The topological polar surface area (TPSA) is 85.1 Å². The number of hydrogen-bond acceptors (Lipinski definition) is 4. The zero-order valence-electron chi connectivity index (χ0n) is 13.7. The zero-order valence-corrected chi connectivity index (χ0v) is 14.5. The summed E-state index contributed by atoms with van der Waals surface area (Å²) >= 11 is 1.30. The third-order valence-corrected chi connectivity index (χ3v) is 4.79. The zero-order chi connectivity index (χ0) is 17.1. The Labute approximate surface area is 139 Å². The lowest BCUT2D eigenvalue weighted by molar-refractivity contribution is -0.120. The molecule has 1 unspecified atom stereocenters. The van der Waals surface area contributed by atoms with Crippen molar-refractivity contribution in [3.8, 4) is 10.6 Å². The van der Waals surface area contributed by atoms with Crippen LogP contribution in [0.5, 0.6) is 0 Å². The van der Waals surface area contributed by atoms with Crippen molar-refractivity contribution < 1.29 is 9.59 Å². The number of amides is 2. The highest BCUT2D eigenvalue weighted by Gasteiger charge is 2.23. The Hall–Kier alpha value is -2.21. The van der Waals surface area contributed by atoms with Gasteiger partial charge in [-0.2, -0.15) is 0 Å². The maximum absolute atomic E-state index is 12.3. The summed E-state index contributed by atoms with van der Waals surface area (Å²) in [5, 5.41) is 3.45. The van der Waals surface area contributed by atoms with Crippen LogP contribution in [-0.2, 0) is 4.79 Å². The van der Waals surface area contributed by atoms with Crippen LogP contribution >= 0.6 is 11.3 Å². The van der Waals surface area contributed by atoms with Gasteiger partial charge in [0.05, 0.1) is 6.20 Å². The highest BCUT2D eigenvalue weighted by atomic mass is 32.1. The number of nitrogens with two attached hydrogens (primary N) is 1. The Kier molecular flexibility index (Phi) is 5.15. The molecule has 0 radical (unpaired) electrons. The van der Waals surface area contributed by atoms with Crippen LogP contribution in [0.3, 0.4) is 0 Å². The smallest absolute Gasteiger partial charge is 0.263 e. The number of rotatable bonds is 5. The lowest BCUT2D eigenvalue weighted by atomic mass is 10.0. The Morgan fingerprint density at radius 3 is 2.48 bits per heavy atom. The third kappa shape index (κ3) is 3.96. The highest BCUT2D eigenvalue weighted by molar-refractivity contribution is 7.16. The summed E-state index contributed by atoms with van der Waals surface area (Å²) in [4.78, 5) is 28.5. The number of carbonyl (C=O) groups is 2. The first-order chi connectivity index (χ1) is 10.8. The number of carbonyl (C=O) groups excluding carboxylic acids is 2. The number of primary amides is 1. The largest absolute Gasteiger partial charge is 0.368 e. The van der Waals surface area contributed by atoms with E-state index in [9.17, 15) is 9.59 Å². The molecule has 0 spiro atoms. The predicted molar refractivity (Wildman–Crippen MR) is 92.3 cm³/mol. The van der Waals surface area contributed by atoms with Crippen molar-refractivity contribution in [3.05, 3.63) is 40.4 Å². The van der Waals surface area contributed by atoms with Gasteiger partial charge in [0.1, 0.15) is 15.9 Å². The quantitative estimate of drug-likeness (QED) is 0.883. The van der Waals surface area contributed by atoms with E-state index in [0.29, 0.717) is 4.88 Å². The van der Waals surface area contributed by atoms with Crippen molar-refractivity contribution in [1.82, 2.24) is 10.3 Å². The molecule has 0 aliphatic rings. The van der Waals surface area contributed by atoms with Crippen LogP contribution in [-0.4, -0.2) is 22.8 Å². The van der Waals surface area contributed by atoms with Gasteiger partial charge in [-0.05, 0) is 37.0 Å². The Morgan fingerprint density at radius 2 is 1.91 bits per heavy atom. The number of thiazole rings is 1. The monoisotopic (exact) mass is 331 g/mol. The van der Waals surface area contributed by atoms with E-state index in [4.69, 9.17) is 5.73 Å². The average Bonchev–Trinajstić information content (AvgIpc) is 2.96. The van der Waals surface area contributed by atoms with Crippen LogP contribution in [0.15, 0.2) is 24.4 Å². The number of aromatic nitrogens is 1. The molecule has 0 saturated carbocycles. The second-order valence-corrected chi connectivity index (χ2v) is 6.96. The molecule has 1 atom stereocenters. The molecule has 0 saturated heterocycles. The van der Waals surface area contributed by atoms with Crippen LogP contribution in [0.2, 0.25) is 0 Å². The lowest BCUT2D eigenvalue weighted by Crippen LogP contribution is -2.47. The standard InChI is InChI=1S/C17H21N3O2S/c1-9(2)14(15(18)21)20-16(22)13-8-19-17(23-13)12-6-5-10(3)11(4)7-12/h5-9,14H,1-4H3,(H2,18,21)(H,20,22). The van der Waals surface area contributed by atoms with Crippen LogP contribution in [0.1, 0.15) is 34.6 Å². The van der Waals surface area contributed by atoms with Crippen molar-refractivity contribution in [1.29, 1.82) is 0 Å². The summed E-state index contributed by atoms with van der Waals surface area (Å²) in [5.41, 5.74) is 8.69.